The van der Waals surface area contributed by atoms with Gasteiger partial charge in [-0.1, -0.05) is 86.5 Å². The summed E-state index contributed by atoms with van der Waals surface area (Å²) in [6.07, 6.45) is 4.56. The summed E-state index contributed by atoms with van der Waals surface area (Å²) in [5.41, 5.74) is 12.0. The predicted octanol–water partition coefficient (Wildman–Crippen LogP) is 6.91. The van der Waals surface area contributed by atoms with E-state index in [1.807, 2.05) is 66.7 Å². The highest BCUT2D eigenvalue weighted by atomic mass is 16.1. The van der Waals surface area contributed by atoms with Gasteiger partial charge in [-0.25, -0.2) is 0 Å². The maximum atomic E-state index is 13.1. The third-order valence-corrected chi connectivity index (χ3v) is 6.86. The van der Waals surface area contributed by atoms with Gasteiger partial charge < -0.3 is 10.3 Å². The van der Waals surface area contributed by atoms with E-state index < -0.39 is 5.91 Å². The standard InChI is InChI=1S/C32H30N2O2/c1-2-3-5-10-22-17-18-26-29(20-22)34(28-16-9-15-27(30(26)28)32(33)36)21-23-11-8-14-25(19-23)31(35)24-12-6-4-7-13-24/h4,6-9,11-20H,2-3,5,10,21H2,1H3,(H2,33,36). The van der Waals surface area contributed by atoms with Crippen molar-refractivity contribution in [1.82, 2.24) is 4.57 Å². The van der Waals surface area contributed by atoms with E-state index in [1.165, 1.54) is 18.4 Å². The number of fused-ring (bicyclic) bond motifs is 3. The van der Waals surface area contributed by atoms with Gasteiger partial charge in [-0.2, -0.15) is 0 Å². The van der Waals surface area contributed by atoms with Crippen LogP contribution in [0.4, 0.5) is 0 Å². The first-order valence-electron chi connectivity index (χ1n) is 12.6. The Labute approximate surface area is 211 Å². The van der Waals surface area contributed by atoms with Crippen LogP contribution >= 0.6 is 0 Å². The van der Waals surface area contributed by atoms with E-state index in [2.05, 4.69) is 29.7 Å². The molecule has 4 nitrogen and oxygen atoms in total. The number of amides is 1. The molecule has 5 aromatic rings. The number of hydrogen-bond donors (Lipinski definition) is 1. The average molecular weight is 475 g/mol. The summed E-state index contributed by atoms with van der Waals surface area (Å²) < 4.78 is 2.24. The molecule has 4 heteroatoms. The zero-order chi connectivity index (χ0) is 25.1. The van der Waals surface area contributed by atoms with Crippen molar-refractivity contribution in [2.75, 3.05) is 0 Å². The Morgan fingerprint density at radius 1 is 0.750 bits per heavy atom. The fraction of sp³-hybridized carbons (Fsp3) is 0.188. The summed E-state index contributed by atoms with van der Waals surface area (Å²) >= 11 is 0. The van der Waals surface area contributed by atoms with Crippen molar-refractivity contribution in [2.24, 2.45) is 5.73 Å². The normalized spacial score (nSPS) is 11.2. The zero-order valence-electron chi connectivity index (χ0n) is 20.5. The Kier molecular flexibility index (Phi) is 6.68. The van der Waals surface area contributed by atoms with Crippen LogP contribution in [-0.4, -0.2) is 16.3 Å². The van der Waals surface area contributed by atoms with Gasteiger partial charge >= 0.3 is 0 Å². The number of rotatable bonds is 9. The van der Waals surface area contributed by atoms with E-state index in [0.29, 0.717) is 23.2 Å². The predicted molar refractivity (Wildman–Crippen MR) is 147 cm³/mol. The topological polar surface area (TPSA) is 65.1 Å². The molecular formula is C32H30N2O2. The number of unbranched alkanes of at least 4 members (excludes halogenated alkanes) is 2. The number of carbonyl (C=O) groups excluding carboxylic acids is 2. The Morgan fingerprint density at radius 2 is 1.53 bits per heavy atom. The highest BCUT2D eigenvalue weighted by Gasteiger charge is 2.17. The van der Waals surface area contributed by atoms with Gasteiger partial charge in [0, 0.05) is 39.5 Å². The number of primary amides is 1. The number of nitrogens with zero attached hydrogens (tertiary/aromatic N) is 1. The lowest BCUT2D eigenvalue weighted by Gasteiger charge is -2.11. The third-order valence-electron chi connectivity index (χ3n) is 6.86. The number of benzene rings is 4. The molecule has 0 spiro atoms. The second-order valence-electron chi connectivity index (χ2n) is 9.35. The van der Waals surface area contributed by atoms with Gasteiger partial charge in [0.1, 0.15) is 0 Å². The van der Waals surface area contributed by atoms with Crippen LogP contribution in [-0.2, 0) is 13.0 Å². The van der Waals surface area contributed by atoms with E-state index in [9.17, 15) is 9.59 Å². The number of carbonyl (C=O) groups is 2. The van der Waals surface area contributed by atoms with Crippen molar-refractivity contribution in [3.63, 3.8) is 0 Å². The lowest BCUT2D eigenvalue weighted by atomic mass is 10.0. The Hall–Kier alpha value is -4.18. The number of nitrogens with two attached hydrogens (primary N) is 1. The molecule has 0 unspecified atom stereocenters. The number of aryl methyl sites for hydroxylation is 1. The minimum Gasteiger partial charge on any atom is -0.366 e. The van der Waals surface area contributed by atoms with Crippen molar-refractivity contribution < 1.29 is 9.59 Å². The summed E-state index contributed by atoms with van der Waals surface area (Å²) in [4.78, 5) is 25.4. The van der Waals surface area contributed by atoms with Crippen LogP contribution in [0.2, 0.25) is 0 Å². The monoisotopic (exact) mass is 474 g/mol. The fourth-order valence-electron chi connectivity index (χ4n) is 5.05. The average Bonchev–Trinajstić information content (AvgIpc) is 3.22. The maximum absolute atomic E-state index is 13.1. The highest BCUT2D eigenvalue weighted by molar-refractivity contribution is 6.18. The van der Waals surface area contributed by atoms with Crippen LogP contribution in [0.25, 0.3) is 21.8 Å². The molecule has 0 aliphatic heterocycles. The molecule has 4 aromatic carbocycles. The summed E-state index contributed by atoms with van der Waals surface area (Å²) in [7, 11) is 0. The molecule has 36 heavy (non-hydrogen) atoms. The van der Waals surface area contributed by atoms with Gasteiger partial charge in [-0.3, -0.25) is 9.59 Å². The molecule has 1 aromatic heterocycles. The van der Waals surface area contributed by atoms with Gasteiger partial charge in [0.2, 0.25) is 5.91 Å². The molecule has 0 aliphatic carbocycles. The van der Waals surface area contributed by atoms with Crippen LogP contribution in [0.15, 0.2) is 91.0 Å². The lowest BCUT2D eigenvalue weighted by molar-refractivity contribution is 0.1000. The second kappa shape index (κ2) is 10.2. The van der Waals surface area contributed by atoms with Gasteiger partial charge in [-0.05, 0) is 48.2 Å². The first-order chi connectivity index (χ1) is 17.6. The molecule has 5 rings (SSSR count). The Bertz CT molecular complexity index is 1560. The van der Waals surface area contributed by atoms with Crippen molar-refractivity contribution in [1.29, 1.82) is 0 Å². The summed E-state index contributed by atoms with van der Waals surface area (Å²) in [6, 6.07) is 29.4. The molecule has 0 saturated carbocycles. The number of ketones is 1. The van der Waals surface area contributed by atoms with E-state index in [-0.39, 0.29) is 5.78 Å². The molecule has 1 heterocycles. The lowest BCUT2D eigenvalue weighted by Crippen LogP contribution is -2.11. The van der Waals surface area contributed by atoms with E-state index in [0.717, 1.165) is 40.2 Å². The van der Waals surface area contributed by atoms with Crippen molar-refractivity contribution >= 4 is 33.5 Å². The van der Waals surface area contributed by atoms with E-state index in [4.69, 9.17) is 5.73 Å². The highest BCUT2D eigenvalue weighted by Crippen LogP contribution is 2.33. The number of hydrogen-bond acceptors (Lipinski definition) is 2. The summed E-state index contributed by atoms with van der Waals surface area (Å²) in [5, 5.41) is 1.91. The molecule has 2 N–H and O–H groups in total. The van der Waals surface area contributed by atoms with Crippen molar-refractivity contribution in [2.45, 2.75) is 39.2 Å². The second-order valence-corrected chi connectivity index (χ2v) is 9.35. The van der Waals surface area contributed by atoms with Gasteiger partial charge in [0.15, 0.2) is 5.78 Å². The van der Waals surface area contributed by atoms with Crippen molar-refractivity contribution in [3.05, 3.63) is 119 Å². The molecule has 0 aliphatic rings. The van der Waals surface area contributed by atoms with Gasteiger partial charge in [-0.15, -0.1) is 0 Å². The van der Waals surface area contributed by atoms with Crippen LogP contribution < -0.4 is 5.73 Å². The first kappa shape index (κ1) is 23.6. The van der Waals surface area contributed by atoms with E-state index >= 15 is 0 Å². The van der Waals surface area contributed by atoms with Gasteiger partial charge in [0.05, 0.1) is 5.52 Å². The largest absolute Gasteiger partial charge is 0.366 e. The Morgan fingerprint density at radius 3 is 2.31 bits per heavy atom. The quantitative estimate of drug-likeness (QED) is 0.186. The number of aromatic nitrogens is 1. The first-order valence-corrected chi connectivity index (χ1v) is 12.6. The minimum absolute atomic E-state index is 0.00824. The van der Waals surface area contributed by atoms with Crippen LogP contribution in [0, 0.1) is 0 Å². The third kappa shape index (κ3) is 4.55. The molecule has 0 fully saturated rings. The molecule has 0 bridgehead atoms. The van der Waals surface area contributed by atoms with Crippen LogP contribution in [0.5, 0.6) is 0 Å². The smallest absolute Gasteiger partial charge is 0.249 e. The van der Waals surface area contributed by atoms with E-state index in [1.54, 1.807) is 6.07 Å². The molecule has 1 amide bonds. The molecule has 0 radical (unpaired) electrons. The van der Waals surface area contributed by atoms with Crippen LogP contribution in [0.1, 0.15) is 63.6 Å². The SMILES string of the molecule is CCCCCc1ccc2c3c(C(N)=O)cccc3n(Cc3cccc(C(=O)c4ccccc4)c3)c2c1. The summed E-state index contributed by atoms with van der Waals surface area (Å²) in [6.45, 7) is 2.79. The molecule has 0 atom stereocenters. The molecular weight excluding hydrogens is 444 g/mol. The van der Waals surface area contributed by atoms with Crippen LogP contribution in [0.3, 0.4) is 0 Å². The zero-order valence-corrected chi connectivity index (χ0v) is 20.5. The maximum Gasteiger partial charge on any atom is 0.249 e. The summed E-state index contributed by atoms with van der Waals surface area (Å²) in [5.74, 6) is -0.420. The molecule has 180 valence electrons. The fourth-order valence-corrected chi connectivity index (χ4v) is 5.05. The minimum atomic E-state index is -0.429. The Balaban J connectivity index is 1.61. The van der Waals surface area contributed by atoms with Crippen molar-refractivity contribution in [3.8, 4) is 0 Å². The van der Waals surface area contributed by atoms with Gasteiger partial charge in [0.25, 0.3) is 0 Å². The molecule has 0 saturated heterocycles.